The Labute approximate surface area is 80.4 Å². The topological polar surface area (TPSA) is 103 Å². The fourth-order valence-electron chi connectivity index (χ4n) is 0.987. The van der Waals surface area contributed by atoms with E-state index in [1.54, 1.807) is 0 Å². The van der Waals surface area contributed by atoms with Crippen molar-refractivity contribution in [2.45, 2.75) is 4.90 Å². The average Bonchev–Trinajstić information content (AvgIpc) is 2.01. The summed E-state index contributed by atoms with van der Waals surface area (Å²) in [5.41, 5.74) is 5.03. The van der Waals surface area contributed by atoms with Crippen molar-refractivity contribution in [1.82, 2.24) is 0 Å². The van der Waals surface area contributed by atoms with E-state index in [1.165, 1.54) is 0 Å². The zero-order valence-electron chi connectivity index (χ0n) is 7.30. The third kappa shape index (κ3) is 1.99. The molecule has 6 nitrogen and oxygen atoms in total. The van der Waals surface area contributed by atoms with Crippen LogP contribution in [-0.4, -0.2) is 19.6 Å². The van der Waals surface area contributed by atoms with Crippen LogP contribution < -0.4 is 5.73 Å². The molecule has 0 atom stereocenters. The summed E-state index contributed by atoms with van der Waals surface area (Å²) in [6.07, 6.45) is 0.991. The lowest BCUT2D eigenvalue weighted by Crippen LogP contribution is -2.02. The highest BCUT2D eigenvalue weighted by atomic mass is 32.2. The Balaban J connectivity index is 3.35. The molecule has 14 heavy (non-hydrogen) atoms. The molecule has 0 aliphatic heterocycles. The summed E-state index contributed by atoms with van der Waals surface area (Å²) >= 11 is 0. The van der Waals surface area contributed by atoms with Crippen LogP contribution in [-0.2, 0) is 9.84 Å². The summed E-state index contributed by atoms with van der Waals surface area (Å²) in [6, 6.07) is 3.26. The molecule has 1 aromatic rings. The van der Waals surface area contributed by atoms with E-state index in [0.29, 0.717) is 0 Å². The second kappa shape index (κ2) is 3.26. The van der Waals surface area contributed by atoms with Gasteiger partial charge in [-0.1, -0.05) is 0 Å². The number of nitro groups is 1. The largest absolute Gasteiger partial charge is 0.397 e. The van der Waals surface area contributed by atoms with Gasteiger partial charge in [-0.05, 0) is 6.07 Å². The standard InChI is InChI=1S/C7H8N2O4S/c1-14(12,13)7-3-2-5(9(10)11)4-6(7)8/h2-4H,8H2,1H3. The van der Waals surface area contributed by atoms with Crippen molar-refractivity contribution in [2.75, 3.05) is 12.0 Å². The summed E-state index contributed by atoms with van der Waals surface area (Å²) in [7, 11) is -3.42. The first-order chi connectivity index (χ1) is 6.32. The number of sulfone groups is 1. The Kier molecular flexibility index (Phi) is 2.43. The van der Waals surface area contributed by atoms with Crippen molar-refractivity contribution >= 4 is 21.2 Å². The van der Waals surface area contributed by atoms with Crippen LogP contribution in [0.25, 0.3) is 0 Å². The van der Waals surface area contributed by atoms with Crippen molar-refractivity contribution in [3.05, 3.63) is 28.3 Å². The summed E-state index contributed by atoms with van der Waals surface area (Å²) < 4.78 is 22.2. The molecule has 7 heteroatoms. The number of hydrogen-bond donors (Lipinski definition) is 1. The van der Waals surface area contributed by atoms with Crippen molar-refractivity contribution < 1.29 is 13.3 Å². The van der Waals surface area contributed by atoms with Gasteiger partial charge in [-0.25, -0.2) is 8.42 Å². The zero-order valence-corrected chi connectivity index (χ0v) is 8.11. The molecule has 1 aromatic carbocycles. The second-order valence-electron chi connectivity index (χ2n) is 2.75. The van der Waals surface area contributed by atoms with Crippen molar-refractivity contribution in [3.8, 4) is 0 Å². The summed E-state index contributed by atoms with van der Waals surface area (Å²) in [5.74, 6) is 0. The van der Waals surface area contributed by atoms with Gasteiger partial charge in [0.2, 0.25) is 0 Å². The van der Waals surface area contributed by atoms with E-state index in [4.69, 9.17) is 5.73 Å². The molecular formula is C7H8N2O4S. The Hall–Kier alpha value is -1.63. The molecule has 0 saturated heterocycles. The van der Waals surface area contributed by atoms with Crippen LogP contribution in [0.3, 0.4) is 0 Å². The molecule has 0 heterocycles. The molecule has 0 unspecified atom stereocenters. The zero-order chi connectivity index (χ0) is 10.9. The molecule has 0 radical (unpaired) electrons. The van der Waals surface area contributed by atoms with Gasteiger partial charge in [-0.3, -0.25) is 10.1 Å². The second-order valence-corrected chi connectivity index (χ2v) is 4.74. The number of rotatable bonds is 2. The van der Waals surface area contributed by atoms with E-state index in [-0.39, 0.29) is 16.3 Å². The smallest absolute Gasteiger partial charge is 0.271 e. The number of benzene rings is 1. The van der Waals surface area contributed by atoms with Crippen LogP contribution in [0.4, 0.5) is 11.4 Å². The van der Waals surface area contributed by atoms with Crippen molar-refractivity contribution in [1.29, 1.82) is 0 Å². The van der Waals surface area contributed by atoms with Crippen LogP contribution in [0.2, 0.25) is 0 Å². The maximum atomic E-state index is 11.1. The number of non-ortho nitro benzene ring substituents is 1. The van der Waals surface area contributed by atoms with Crippen LogP contribution in [0.1, 0.15) is 0 Å². The number of hydrogen-bond acceptors (Lipinski definition) is 5. The first-order valence-corrected chi connectivity index (χ1v) is 5.45. The lowest BCUT2D eigenvalue weighted by Gasteiger charge is -2.01. The van der Waals surface area contributed by atoms with Gasteiger partial charge in [0, 0.05) is 18.4 Å². The highest BCUT2D eigenvalue weighted by molar-refractivity contribution is 7.90. The molecule has 0 amide bonds. The molecule has 0 aliphatic rings. The normalized spacial score (nSPS) is 11.2. The fourth-order valence-corrected chi connectivity index (χ4v) is 1.79. The van der Waals surface area contributed by atoms with Gasteiger partial charge < -0.3 is 5.73 Å². The molecule has 0 aromatic heterocycles. The fraction of sp³-hybridized carbons (Fsp3) is 0.143. The summed E-state index contributed by atoms with van der Waals surface area (Å²) in [5, 5.41) is 10.3. The number of nitrogen functional groups attached to an aromatic ring is 1. The highest BCUT2D eigenvalue weighted by Gasteiger charge is 2.15. The Morgan fingerprint density at radius 1 is 1.43 bits per heavy atom. The minimum absolute atomic E-state index is 0.0944. The summed E-state index contributed by atoms with van der Waals surface area (Å²) in [6.45, 7) is 0. The molecular weight excluding hydrogens is 208 g/mol. The molecule has 1 rings (SSSR count). The SMILES string of the molecule is CS(=O)(=O)c1ccc([N+](=O)[O-])cc1N. The van der Waals surface area contributed by atoms with E-state index in [1.807, 2.05) is 0 Å². The lowest BCUT2D eigenvalue weighted by molar-refractivity contribution is -0.384. The minimum atomic E-state index is -3.42. The molecule has 0 spiro atoms. The van der Waals surface area contributed by atoms with E-state index in [9.17, 15) is 18.5 Å². The van der Waals surface area contributed by atoms with Crippen LogP contribution in [0.15, 0.2) is 23.1 Å². The van der Waals surface area contributed by atoms with Crippen molar-refractivity contribution in [2.24, 2.45) is 0 Å². The number of nitrogens with zero attached hydrogens (tertiary/aromatic N) is 1. The van der Waals surface area contributed by atoms with Gasteiger partial charge in [-0.15, -0.1) is 0 Å². The highest BCUT2D eigenvalue weighted by Crippen LogP contribution is 2.23. The van der Waals surface area contributed by atoms with E-state index in [2.05, 4.69) is 0 Å². The third-order valence-corrected chi connectivity index (χ3v) is 2.77. The van der Waals surface area contributed by atoms with Gasteiger partial charge >= 0.3 is 0 Å². The van der Waals surface area contributed by atoms with E-state index >= 15 is 0 Å². The van der Waals surface area contributed by atoms with Gasteiger partial charge in [0.05, 0.1) is 15.5 Å². The number of nitrogens with two attached hydrogens (primary N) is 1. The third-order valence-electron chi connectivity index (χ3n) is 1.60. The Morgan fingerprint density at radius 2 is 2.00 bits per heavy atom. The van der Waals surface area contributed by atoms with Gasteiger partial charge in [0.25, 0.3) is 5.69 Å². The average molecular weight is 216 g/mol. The quantitative estimate of drug-likeness (QED) is 0.442. The molecule has 0 saturated carbocycles. The first kappa shape index (κ1) is 10.5. The Bertz CT molecular complexity index is 480. The van der Waals surface area contributed by atoms with Gasteiger partial charge in [-0.2, -0.15) is 0 Å². The maximum absolute atomic E-state index is 11.1. The van der Waals surface area contributed by atoms with E-state index in [0.717, 1.165) is 24.5 Å². The van der Waals surface area contributed by atoms with E-state index < -0.39 is 14.8 Å². The predicted octanol–water partition coefficient (Wildman–Crippen LogP) is 0.581. The first-order valence-electron chi connectivity index (χ1n) is 3.56. The van der Waals surface area contributed by atoms with Gasteiger partial charge in [0.1, 0.15) is 0 Å². The van der Waals surface area contributed by atoms with Crippen LogP contribution in [0, 0.1) is 10.1 Å². The minimum Gasteiger partial charge on any atom is -0.397 e. The summed E-state index contributed by atoms with van der Waals surface area (Å²) in [4.78, 5) is 9.58. The van der Waals surface area contributed by atoms with Crippen LogP contribution >= 0.6 is 0 Å². The molecule has 0 fully saturated rings. The lowest BCUT2D eigenvalue weighted by atomic mass is 10.3. The van der Waals surface area contributed by atoms with Gasteiger partial charge in [0.15, 0.2) is 9.84 Å². The van der Waals surface area contributed by atoms with Crippen LogP contribution in [0.5, 0.6) is 0 Å². The molecule has 76 valence electrons. The maximum Gasteiger partial charge on any atom is 0.271 e. The molecule has 2 N–H and O–H groups in total. The predicted molar refractivity (Wildman–Crippen MR) is 50.6 cm³/mol. The molecule has 0 bridgehead atoms. The monoisotopic (exact) mass is 216 g/mol. The number of anilines is 1. The number of nitro benzene ring substituents is 1. The Morgan fingerprint density at radius 3 is 2.36 bits per heavy atom. The van der Waals surface area contributed by atoms with Crippen molar-refractivity contribution in [3.63, 3.8) is 0 Å². The molecule has 0 aliphatic carbocycles.